The number of carboxylic acids is 1. The normalized spacial score (nSPS) is 9.93. The highest BCUT2D eigenvalue weighted by Gasteiger charge is 2.26. The molecular weight excluding hydrogens is 358 g/mol. The second-order valence-electron chi connectivity index (χ2n) is 5.96. The van der Waals surface area contributed by atoms with Crippen LogP contribution in [0.2, 0.25) is 0 Å². The Morgan fingerprint density at radius 3 is 1.26 bits per heavy atom. The fourth-order valence-corrected chi connectivity index (χ4v) is 2.22. The van der Waals surface area contributed by atoms with Gasteiger partial charge in [-0.2, -0.15) is 0 Å². The molecule has 9 nitrogen and oxygen atoms in total. The fraction of sp³-hybridized carbons (Fsp3) is 0.778. The zero-order valence-electron chi connectivity index (χ0n) is 16.1. The number of aliphatic hydroxyl groups excluding tert-OH is 3. The number of carbonyl (C=O) groups excluding carboxylic acids is 3. The third kappa shape index (κ3) is 16.1. The summed E-state index contributed by atoms with van der Waals surface area (Å²) in [6.45, 7) is -0.904. The van der Waals surface area contributed by atoms with Gasteiger partial charge >= 0.3 is 5.97 Å². The van der Waals surface area contributed by atoms with Crippen LogP contribution in [0.4, 0.5) is 0 Å². The second kappa shape index (κ2) is 18.9. The predicted octanol–water partition coefficient (Wildman–Crippen LogP) is 0.837. The van der Waals surface area contributed by atoms with E-state index in [0.717, 1.165) is 12.8 Å². The van der Waals surface area contributed by atoms with Crippen LogP contribution in [0.5, 0.6) is 0 Å². The van der Waals surface area contributed by atoms with Gasteiger partial charge in [0, 0.05) is 6.42 Å². The van der Waals surface area contributed by atoms with Crippen LogP contribution in [-0.4, -0.2) is 68.8 Å². The van der Waals surface area contributed by atoms with Crippen molar-refractivity contribution >= 4 is 23.7 Å². The molecule has 9 heteroatoms. The minimum atomic E-state index is -1.18. The van der Waals surface area contributed by atoms with Gasteiger partial charge in [0.05, 0.1) is 0 Å². The van der Waals surface area contributed by atoms with Crippen LogP contribution in [0.3, 0.4) is 0 Å². The van der Waals surface area contributed by atoms with Crippen molar-refractivity contribution in [3.05, 3.63) is 0 Å². The molecule has 0 radical (unpaired) electrons. The number of carboxylic acid groups (broad SMARTS) is 1. The van der Waals surface area contributed by atoms with E-state index in [1.165, 1.54) is 44.9 Å². The molecule has 0 saturated carbocycles. The smallest absolute Gasteiger partial charge is 0.303 e. The van der Waals surface area contributed by atoms with Crippen LogP contribution in [0.1, 0.15) is 71.1 Å². The van der Waals surface area contributed by atoms with Gasteiger partial charge in [0.25, 0.3) is 17.7 Å². The van der Waals surface area contributed by atoms with E-state index in [4.69, 9.17) is 20.4 Å². The number of imide groups is 3. The highest BCUT2D eigenvalue weighted by molar-refractivity contribution is 6.11. The summed E-state index contributed by atoms with van der Waals surface area (Å²) >= 11 is 0. The molecule has 0 aliphatic heterocycles. The Morgan fingerprint density at radius 2 is 0.963 bits per heavy atom. The Kier molecular flexibility index (Phi) is 19.2. The van der Waals surface area contributed by atoms with E-state index < -0.39 is 43.5 Å². The van der Waals surface area contributed by atoms with Gasteiger partial charge in [0.1, 0.15) is 19.8 Å². The quantitative estimate of drug-likeness (QED) is 0.337. The number of aliphatic hydroxyl groups is 3. The van der Waals surface area contributed by atoms with Crippen molar-refractivity contribution in [3.8, 4) is 0 Å². The molecule has 0 heterocycles. The van der Waals surface area contributed by atoms with Gasteiger partial charge in [-0.05, 0) is 6.42 Å². The average molecular weight is 391 g/mol. The molecule has 0 aromatic heterocycles. The molecule has 0 saturated heterocycles. The van der Waals surface area contributed by atoms with E-state index in [-0.39, 0.29) is 4.90 Å². The average Bonchev–Trinajstić information content (AvgIpc) is 2.66. The summed E-state index contributed by atoms with van der Waals surface area (Å²) in [5, 5.41) is 33.4. The van der Waals surface area contributed by atoms with Gasteiger partial charge in [-0.25, -0.2) is 4.90 Å². The standard InChI is InChI=1S/C12H24O2.C6H9NO6/c1-2-3-4-5-6-7-8-9-10-11-12(13)14;8-1-4(11)7(5(12)2-9)6(13)3-10/h2-11H2,1H3,(H,13,14);8-10H,1-3H2. The molecule has 3 amide bonds. The Bertz CT molecular complexity index is 401. The second-order valence-corrected chi connectivity index (χ2v) is 5.96. The molecule has 27 heavy (non-hydrogen) atoms. The van der Waals surface area contributed by atoms with Crippen molar-refractivity contribution in [2.75, 3.05) is 19.8 Å². The topological polar surface area (TPSA) is 152 Å². The van der Waals surface area contributed by atoms with Crippen LogP contribution in [-0.2, 0) is 19.2 Å². The lowest BCUT2D eigenvalue weighted by Gasteiger charge is -2.14. The van der Waals surface area contributed by atoms with Gasteiger partial charge in [0.15, 0.2) is 0 Å². The Balaban J connectivity index is 0. The minimum Gasteiger partial charge on any atom is -0.481 e. The molecule has 0 bridgehead atoms. The number of unbranched alkanes of at least 4 members (excludes halogenated alkanes) is 8. The Hall–Kier alpha value is -1.84. The molecule has 0 spiro atoms. The molecule has 0 rings (SSSR count). The van der Waals surface area contributed by atoms with Crippen molar-refractivity contribution in [1.29, 1.82) is 0 Å². The summed E-state index contributed by atoms with van der Waals surface area (Å²) in [6, 6.07) is 0. The lowest BCUT2D eigenvalue weighted by atomic mass is 10.1. The molecule has 0 fully saturated rings. The van der Waals surface area contributed by atoms with E-state index in [2.05, 4.69) is 6.92 Å². The van der Waals surface area contributed by atoms with Crippen LogP contribution in [0.15, 0.2) is 0 Å². The third-order valence-corrected chi connectivity index (χ3v) is 3.65. The summed E-state index contributed by atoms with van der Waals surface area (Å²) in [5.41, 5.74) is 0. The minimum absolute atomic E-state index is 0. The number of nitrogens with zero attached hydrogens (tertiary/aromatic N) is 1. The lowest BCUT2D eigenvalue weighted by Crippen LogP contribution is -2.46. The first-order chi connectivity index (χ1) is 12.8. The molecule has 0 aromatic rings. The van der Waals surface area contributed by atoms with Gasteiger partial charge in [-0.3, -0.25) is 19.2 Å². The highest BCUT2D eigenvalue weighted by atomic mass is 16.4. The number of aliphatic carboxylic acids is 1. The first-order valence-corrected chi connectivity index (χ1v) is 9.28. The number of hydrogen-bond donors (Lipinski definition) is 4. The van der Waals surface area contributed by atoms with E-state index in [9.17, 15) is 19.2 Å². The van der Waals surface area contributed by atoms with Crippen molar-refractivity contribution in [3.63, 3.8) is 0 Å². The van der Waals surface area contributed by atoms with Gasteiger partial charge in [0.2, 0.25) is 0 Å². The van der Waals surface area contributed by atoms with Gasteiger partial charge in [-0.15, -0.1) is 0 Å². The van der Waals surface area contributed by atoms with Crippen LogP contribution >= 0.6 is 0 Å². The Morgan fingerprint density at radius 1 is 0.630 bits per heavy atom. The lowest BCUT2D eigenvalue weighted by molar-refractivity contribution is -0.158. The summed E-state index contributed by atoms with van der Waals surface area (Å²) < 4.78 is 0. The van der Waals surface area contributed by atoms with E-state index >= 15 is 0 Å². The summed E-state index contributed by atoms with van der Waals surface area (Å²) in [7, 11) is 0. The fourth-order valence-electron chi connectivity index (χ4n) is 2.22. The number of hydrogen-bond acceptors (Lipinski definition) is 7. The zero-order valence-corrected chi connectivity index (χ0v) is 16.1. The molecule has 0 aliphatic carbocycles. The number of amides is 3. The maximum Gasteiger partial charge on any atom is 0.303 e. The molecule has 158 valence electrons. The third-order valence-electron chi connectivity index (χ3n) is 3.65. The molecular formula is C18H33NO8. The van der Waals surface area contributed by atoms with Crippen molar-refractivity contribution in [2.45, 2.75) is 71.1 Å². The Labute approximate surface area is 160 Å². The first kappa shape index (κ1) is 27.4. The van der Waals surface area contributed by atoms with Gasteiger partial charge in [-0.1, -0.05) is 58.3 Å². The predicted molar refractivity (Wildman–Crippen MR) is 97.6 cm³/mol. The highest BCUT2D eigenvalue weighted by Crippen LogP contribution is 2.10. The first-order valence-electron chi connectivity index (χ1n) is 9.28. The number of rotatable bonds is 13. The van der Waals surface area contributed by atoms with Crippen LogP contribution in [0, 0.1) is 0 Å². The molecule has 0 atom stereocenters. The SMILES string of the molecule is CCCCCCCCCCCC(=O)O.O=C(CO)N(C(=O)CO)C(=O)CO. The summed E-state index contributed by atoms with van der Waals surface area (Å²) in [5.74, 6) is -4.21. The largest absolute Gasteiger partial charge is 0.481 e. The van der Waals surface area contributed by atoms with Gasteiger partial charge < -0.3 is 20.4 Å². The number of carbonyl (C=O) groups is 4. The van der Waals surface area contributed by atoms with Crippen LogP contribution in [0.25, 0.3) is 0 Å². The van der Waals surface area contributed by atoms with E-state index in [1.54, 1.807) is 0 Å². The molecule has 0 unspecified atom stereocenters. The summed E-state index contributed by atoms with van der Waals surface area (Å²) in [6.07, 6.45) is 11.5. The van der Waals surface area contributed by atoms with Crippen LogP contribution < -0.4 is 0 Å². The molecule has 0 aromatic carbocycles. The maximum absolute atomic E-state index is 10.7. The van der Waals surface area contributed by atoms with Crippen molar-refractivity contribution in [1.82, 2.24) is 4.90 Å². The molecule has 0 aliphatic rings. The molecule has 4 N–H and O–H groups in total. The van der Waals surface area contributed by atoms with E-state index in [0.29, 0.717) is 6.42 Å². The van der Waals surface area contributed by atoms with Crippen molar-refractivity contribution < 1.29 is 39.6 Å². The maximum atomic E-state index is 10.7. The summed E-state index contributed by atoms with van der Waals surface area (Å²) in [4.78, 5) is 42.4. The zero-order chi connectivity index (χ0) is 21.1. The monoisotopic (exact) mass is 391 g/mol. The van der Waals surface area contributed by atoms with E-state index in [1.807, 2.05) is 0 Å². The van der Waals surface area contributed by atoms with Crippen molar-refractivity contribution in [2.24, 2.45) is 0 Å².